The summed E-state index contributed by atoms with van der Waals surface area (Å²) >= 11 is 0. The molecule has 1 aliphatic heterocycles. The number of likely N-dealkylation sites (tertiary alicyclic amines) is 1. The molecule has 1 saturated heterocycles. The molecule has 0 radical (unpaired) electrons. The first-order valence-electron chi connectivity index (χ1n) is 9.37. The zero-order valence-electron chi connectivity index (χ0n) is 15.4. The number of imidazole rings is 1. The molecule has 4 rings (SSSR count). The molecule has 0 aromatic carbocycles. The third-order valence-electron chi connectivity index (χ3n) is 5.06. The summed E-state index contributed by atoms with van der Waals surface area (Å²) in [6, 6.07) is 4.00. The summed E-state index contributed by atoms with van der Waals surface area (Å²) in [4.78, 5) is 27.7. The predicted octanol–water partition coefficient (Wildman–Crippen LogP) is 2.90. The van der Waals surface area contributed by atoms with Gasteiger partial charge in [0.2, 0.25) is 0 Å². The van der Waals surface area contributed by atoms with Crippen LogP contribution in [0.3, 0.4) is 0 Å². The molecule has 0 N–H and O–H groups in total. The van der Waals surface area contributed by atoms with Crippen molar-refractivity contribution in [3.05, 3.63) is 66.2 Å². The van der Waals surface area contributed by atoms with E-state index in [0.717, 1.165) is 37.3 Å². The molecule has 1 aliphatic rings. The first kappa shape index (κ1) is 17.5. The Hall–Kier alpha value is -2.96. The minimum Gasteiger partial charge on any atom is -0.448 e. The Labute approximate surface area is 158 Å². The molecule has 4 heterocycles. The lowest BCUT2D eigenvalue weighted by molar-refractivity contribution is 0.0696. The molecule has 0 bridgehead atoms. The molecule has 7 heteroatoms. The van der Waals surface area contributed by atoms with E-state index in [1.165, 1.54) is 6.39 Å². The second-order valence-corrected chi connectivity index (χ2v) is 6.84. The van der Waals surface area contributed by atoms with Crippen LogP contribution >= 0.6 is 0 Å². The van der Waals surface area contributed by atoms with Gasteiger partial charge < -0.3 is 13.9 Å². The summed E-state index contributed by atoms with van der Waals surface area (Å²) in [5, 5.41) is 0. The van der Waals surface area contributed by atoms with Gasteiger partial charge in [0, 0.05) is 50.2 Å². The Balaban J connectivity index is 1.51. The highest BCUT2D eigenvalue weighted by Crippen LogP contribution is 2.27. The van der Waals surface area contributed by atoms with Crippen LogP contribution in [0.1, 0.15) is 53.3 Å². The standard InChI is InChI=1S/C20H23N5O2/c1-2-17-18(23-14-27-17)20(26)25-9-4-6-16(13-25)19-22-8-10-24(19)12-15-5-3-7-21-11-15/h3,5,7-8,10-11,14,16H,2,4,6,9,12-13H2,1H3/t16-/m1/s1. The van der Waals surface area contributed by atoms with Crippen LogP contribution < -0.4 is 0 Å². The van der Waals surface area contributed by atoms with E-state index in [-0.39, 0.29) is 11.8 Å². The Bertz CT molecular complexity index is 902. The van der Waals surface area contributed by atoms with Crippen molar-refractivity contribution in [2.45, 2.75) is 38.6 Å². The van der Waals surface area contributed by atoms with Crippen molar-refractivity contribution in [3.8, 4) is 0 Å². The van der Waals surface area contributed by atoms with Crippen LogP contribution in [0.5, 0.6) is 0 Å². The maximum Gasteiger partial charge on any atom is 0.276 e. The number of piperidine rings is 1. The van der Waals surface area contributed by atoms with Crippen molar-refractivity contribution in [2.24, 2.45) is 0 Å². The van der Waals surface area contributed by atoms with Gasteiger partial charge in [-0.2, -0.15) is 0 Å². The van der Waals surface area contributed by atoms with Gasteiger partial charge in [0.25, 0.3) is 5.91 Å². The smallest absolute Gasteiger partial charge is 0.276 e. The zero-order chi connectivity index (χ0) is 18.6. The van der Waals surface area contributed by atoms with E-state index in [4.69, 9.17) is 4.42 Å². The normalized spacial score (nSPS) is 17.2. The molecule has 3 aromatic rings. The minimum atomic E-state index is -0.0457. The zero-order valence-corrected chi connectivity index (χ0v) is 15.4. The summed E-state index contributed by atoms with van der Waals surface area (Å²) < 4.78 is 7.49. The number of hydrogen-bond acceptors (Lipinski definition) is 5. The number of carbonyl (C=O) groups excluding carboxylic acids is 1. The fourth-order valence-corrected chi connectivity index (χ4v) is 3.72. The molecule has 1 fully saturated rings. The molecule has 140 valence electrons. The largest absolute Gasteiger partial charge is 0.448 e. The van der Waals surface area contributed by atoms with Crippen molar-refractivity contribution in [1.82, 2.24) is 24.4 Å². The summed E-state index contributed by atoms with van der Waals surface area (Å²) in [6.07, 6.45) is 11.5. The first-order chi connectivity index (χ1) is 13.3. The molecule has 1 amide bonds. The second-order valence-electron chi connectivity index (χ2n) is 6.84. The molecule has 0 unspecified atom stereocenters. The van der Waals surface area contributed by atoms with E-state index in [1.54, 1.807) is 6.20 Å². The van der Waals surface area contributed by atoms with E-state index in [1.807, 2.05) is 36.5 Å². The molecule has 1 atom stereocenters. The Morgan fingerprint density at radius 2 is 2.26 bits per heavy atom. The van der Waals surface area contributed by atoms with Gasteiger partial charge in [0.15, 0.2) is 12.1 Å². The van der Waals surface area contributed by atoms with Crippen molar-refractivity contribution in [1.29, 1.82) is 0 Å². The van der Waals surface area contributed by atoms with Crippen LogP contribution in [0.15, 0.2) is 47.7 Å². The number of carbonyl (C=O) groups is 1. The molecular weight excluding hydrogens is 342 g/mol. The first-order valence-corrected chi connectivity index (χ1v) is 9.37. The summed E-state index contributed by atoms with van der Waals surface area (Å²) in [7, 11) is 0. The molecule has 7 nitrogen and oxygen atoms in total. The van der Waals surface area contributed by atoms with Gasteiger partial charge in [-0.15, -0.1) is 0 Å². The van der Waals surface area contributed by atoms with Crippen LogP contribution in [-0.2, 0) is 13.0 Å². The van der Waals surface area contributed by atoms with E-state index in [0.29, 0.717) is 24.4 Å². The van der Waals surface area contributed by atoms with Crippen LogP contribution in [0, 0.1) is 0 Å². The third-order valence-corrected chi connectivity index (χ3v) is 5.06. The van der Waals surface area contributed by atoms with E-state index < -0.39 is 0 Å². The van der Waals surface area contributed by atoms with Crippen LogP contribution in [0.4, 0.5) is 0 Å². The number of amides is 1. The van der Waals surface area contributed by atoms with E-state index in [9.17, 15) is 4.79 Å². The lowest BCUT2D eigenvalue weighted by Gasteiger charge is -2.32. The summed E-state index contributed by atoms with van der Waals surface area (Å²) in [6.45, 7) is 4.09. The highest BCUT2D eigenvalue weighted by Gasteiger charge is 2.30. The highest BCUT2D eigenvalue weighted by atomic mass is 16.3. The quantitative estimate of drug-likeness (QED) is 0.695. The summed E-state index contributed by atoms with van der Waals surface area (Å²) in [5.74, 6) is 1.84. The van der Waals surface area contributed by atoms with Gasteiger partial charge in [-0.3, -0.25) is 9.78 Å². The van der Waals surface area contributed by atoms with Gasteiger partial charge in [-0.05, 0) is 24.5 Å². The Kier molecular flexibility index (Phi) is 5.00. The SMILES string of the molecule is CCc1ocnc1C(=O)N1CCC[C@@H](c2nccn2Cc2cccnc2)C1. The van der Waals surface area contributed by atoms with E-state index in [2.05, 4.69) is 25.6 Å². The Morgan fingerprint density at radius 3 is 3.07 bits per heavy atom. The third kappa shape index (κ3) is 3.63. The Morgan fingerprint density at radius 1 is 1.33 bits per heavy atom. The fraction of sp³-hybridized carbons (Fsp3) is 0.400. The lowest BCUT2D eigenvalue weighted by atomic mass is 9.96. The van der Waals surface area contributed by atoms with Crippen LogP contribution in [0.25, 0.3) is 0 Å². The minimum absolute atomic E-state index is 0.0457. The van der Waals surface area contributed by atoms with E-state index >= 15 is 0 Å². The topological polar surface area (TPSA) is 77.0 Å². The fourth-order valence-electron chi connectivity index (χ4n) is 3.72. The monoisotopic (exact) mass is 365 g/mol. The van der Waals surface area contributed by atoms with Gasteiger partial charge >= 0.3 is 0 Å². The maximum atomic E-state index is 12.9. The van der Waals surface area contributed by atoms with Crippen molar-refractivity contribution in [2.75, 3.05) is 13.1 Å². The average Bonchev–Trinajstić information content (AvgIpc) is 3.37. The number of oxazole rings is 1. The van der Waals surface area contributed by atoms with Crippen LogP contribution in [0.2, 0.25) is 0 Å². The van der Waals surface area contributed by atoms with Gasteiger partial charge in [-0.1, -0.05) is 13.0 Å². The summed E-state index contributed by atoms with van der Waals surface area (Å²) in [5.41, 5.74) is 1.58. The van der Waals surface area contributed by atoms with Crippen molar-refractivity contribution in [3.63, 3.8) is 0 Å². The molecule has 3 aromatic heterocycles. The van der Waals surface area contributed by atoms with Gasteiger partial charge in [-0.25, -0.2) is 9.97 Å². The molecular formula is C20H23N5O2. The number of aryl methyl sites for hydroxylation is 1. The van der Waals surface area contributed by atoms with Crippen LogP contribution in [-0.4, -0.2) is 43.4 Å². The number of rotatable bonds is 5. The highest BCUT2D eigenvalue weighted by molar-refractivity contribution is 5.93. The number of nitrogens with zero attached hydrogens (tertiary/aromatic N) is 5. The average molecular weight is 365 g/mol. The second kappa shape index (κ2) is 7.73. The number of aromatic nitrogens is 4. The molecule has 0 spiro atoms. The molecule has 0 aliphatic carbocycles. The number of hydrogen-bond donors (Lipinski definition) is 0. The maximum absolute atomic E-state index is 12.9. The molecule has 0 saturated carbocycles. The number of pyridine rings is 1. The molecule has 27 heavy (non-hydrogen) atoms. The predicted molar refractivity (Wildman–Crippen MR) is 99.3 cm³/mol. The lowest BCUT2D eigenvalue weighted by Crippen LogP contribution is -2.40. The van der Waals surface area contributed by atoms with Gasteiger partial charge in [0.1, 0.15) is 11.6 Å². The van der Waals surface area contributed by atoms with Gasteiger partial charge in [0.05, 0.1) is 6.54 Å². The van der Waals surface area contributed by atoms with Crippen molar-refractivity contribution >= 4 is 5.91 Å². The van der Waals surface area contributed by atoms with Crippen molar-refractivity contribution < 1.29 is 9.21 Å².